The van der Waals surface area contributed by atoms with Gasteiger partial charge in [0, 0.05) is 29.3 Å². The number of hydrogen-bond acceptors (Lipinski definition) is 4. The molecule has 1 aliphatic heterocycles. The van der Waals surface area contributed by atoms with E-state index in [1.54, 1.807) is 29.4 Å². The number of amides is 1. The van der Waals surface area contributed by atoms with Crippen molar-refractivity contribution in [1.29, 1.82) is 0 Å². The van der Waals surface area contributed by atoms with Crippen LogP contribution in [-0.2, 0) is 12.7 Å². The molecular formula is C17H15F3N2O2S. The van der Waals surface area contributed by atoms with E-state index in [0.29, 0.717) is 18.7 Å². The van der Waals surface area contributed by atoms with Crippen molar-refractivity contribution in [2.45, 2.75) is 17.6 Å². The third-order valence-electron chi connectivity index (χ3n) is 3.94. The van der Waals surface area contributed by atoms with E-state index in [-0.39, 0.29) is 0 Å². The molecule has 0 saturated carbocycles. The maximum Gasteiger partial charge on any atom is 0.416 e. The van der Waals surface area contributed by atoms with E-state index in [9.17, 15) is 18.0 Å². The Morgan fingerprint density at radius 3 is 2.56 bits per heavy atom. The van der Waals surface area contributed by atoms with Crippen LogP contribution in [0.3, 0.4) is 0 Å². The van der Waals surface area contributed by atoms with Crippen molar-refractivity contribution >= 4 is 23.4 Å². The quantitative estimate of drug-likeness (QED) is 0.637. The molecule has 132 valence electrons. The number of nitrogens with one attached hydrogen (secondary N) is 1. The smallest absolute Gasteiger partial charge is 0.365 e. The molecule has 0 aromatic heterocycles. The average Bonchev–Trinajstić information content (AvgIpc) is 2.60. The van der Waals surface area contributed by atoms with E-state index in [2.05, 4.69) is 0 Å². The molecule has 0 spiro atoms. The molecule has 3 rings (SSSR count). The second-order valence-corrected chi connectivity index (χ2v) is 6.72. The van der Waals surface area contributed by atoms with Crippen LogP contribution < -0.4 is 10.4 Å². The van der Waals surface area contributed by atoms with Crippen molar-refractivity contribution in [3.05, 3.63) is 59.2 Å². The van der Waals surface area contributed by atoms with Crippen molar-refractivity contribution < 1.29 is 23.2 Å². The standard InChI is InChI=1S/C17H15F3N2O2S/c18-17(19,20)13-4-1-11(2-5-13)10-22-7-8-25-15-6-3-12(9-14(15)22)16(23)21-24/h1-6,9,24H,7-8,10H2,(H,21,23). The summed E-state index contributed by atoms with van der Waals surface area (Å²) < 4.78 is 38.0. The highest BCUT2D eigenvalue weighted by atomic mass is 32.2. The van der Waals surface area contributed by atoms with Crippen LogP contribution in [0.2, 0.25) is 0 Å². The number of halogens is 3. The molecule has 0 radical (unpaired) electrons. The van der Waals surface area contributed by atoms with Crippen LogP contribution in [0.4, 0.5) is 18.9 Å². The largest absolute Gasteiger partial charge is 0.416 e. The Morgan fingerprint density at radius 2 is 1.92 bits per heavy atom. The molecule has 0 fully saturated rings. The van der Waals surface area contributed by atoms with Gasteiger partial charge in [-0.05, 0) is 35.9 Å². The molecule has 0 bridgehead atoms. The molecule has 0 aliphatic carbocycles. The minimum Gasteiger partial charge on any atom is -0.365 e. The fourth-order valence-electron chi connectivity index (χ4n) is 2.66. The van der Waals surface area contributed by atoms with E-state index < -0.39 is 17.6 Å². The van der Waals surface area contributed by atoms with Gasteiger partial charge in [0.25, 0.3) is 5.91 Å². The van der Waals surface area contributed by atoms with Crippen LogP contribution in [0.25, 0.3) is 0 Å². The molecule has 2 aromatic carbocycles. The Balaban J connectivity index is 1.84. The van der Waals surface area contributed by atoms with E-state index >= 15 is 0 Å². The number of rotatable bonds is 3. The lowest BCUT2D eigenvalue weighted by atomic mass is 10.1. The van der Waals surface area contributed by atoms with Gasteiger partial charge >= 0.3 is 6.18 Å². The van der Waals surface area contributed by atoms with Gasteiger partial charge in [0.1, 0.15) is 0 Å². The van der Waals surface area contributed by atoms with Gasteiger partial charge in [0.2, 0.25) is 0 Å². The number of nitrogens with zero attached hydrogens (tertiary/aromatic N) is 1. The third kappa shape index (κ3) is 3.91. The van der Waals surface area contributed by atoms with E-state index in [1.807, 2.05) is 11.0 Å². The Labute approximate surface area is 146 Å². The zero-order valence-electron chi connectivity index (χ0n) is 13.0. The van der Waals surface area contributed by atoms with Crippen molar-refractivity contribution in [3.8, 4) is 0 Å². The average molecular weight is 368 g/mol. The summed E-state index contributed by atoms with van der Waals surface area (Å²) in [4.78, 5) is 14.6. The van der Waals surface area contributed by atoms with Gasteiger partial charge in [-0.2, -0.15) is 13.2 Å². The lowest BCUT2D eigenvalue weighted by molar-refractivity contribution is -0.137. The number of alkyl halides is 3. The number of anilines is 1. The Kier molecular flexibility index (Phi) is 4.91. The zero-order chi connectivity index (χ0) is 18.0. The van der Waals surface area contributed by atoms with Crippen LogP contribution in [0.1, 0.15) is 21.5 Å². The molecule has 1 aliphatic rings. The molecule has 8 heteroatoms. The van der Waals surface area contributed by atoms with E-state index in [1.165, 1.54) is 12.1 Å². The molecule has 1 amide bonds. The summed E-state index contributed by atoms with van der Waals surface area (Å²) in [6.07, 6.45) is -4.35. The summed E-state index contributed by atoms with van der Waals surface area (Å²) in [6, 6.07) is 10.2. The molecule has 4 nitrogen and oxygen atoms in total. The number of hydrogen-bond donors (Lipinski definition) is 2. The molecule has 25 heavy (non-hydrogen) atoms. The zero-order valence-corrected chi connectivity index (χ0v) is 13.8. The van der Waals surface area contributed by atoms with Crippen LogP contribution in [-0.4, -0.2) is 23.4 Å². The Bertz CT molecular complexity index is 778. The maximum atomic E-state index is 12.7. The first kappa shape index (κ1) is 17.6. The molecule has 2 aromatic rings. The summed E-state index contributed by atoms with van der Waals surface area (Å²) >= 11 is 1.65. The fraction of sp³-hybridized carbons (Fsp3) is 0.235. The van der Waals surface area contributed by atoms with E-state index in [0.717, 1.165) is 34.0 Å². The van der Waals surface area contributed by atoms with Crippen molar-refractivity contribution in [3.63, 3.8) is 0 Å². The van der Waals surface area contributed by atoms with Gasteiger partial charge in [-0.3, -0.25) is 10.0 Å². The first-order valence-electron chi connectivity index (χ1n) is 7.51. The predicted molar refractivity (Wildman–Crippen MR) is 88.9 cm³/mol. The minimum absolute atomic E-state index is 0.321. The van der Waals surface area contributed by atoms with Crippen molar-refractivity contribution in [2.24, 2.45) is 0 Å². The van der Waals surface area contributed by atoms with Crippen LogP contribution in [0.15, 0.2) is 47.4 Å². The lowest BCUT2D eigenvalue weighted by Gasteiger charge is -2.31. The highest BCUT2D eigenvalue weighted by Gasteiger charge is 2.30. The summed E-state index contributed by atoms with van der Waals surface area (Å²) in [5, 5.41) is 8.77. The molecule has 2 N–H and O–H groups in total. The monoisotopic (exact) mass is 368 g/mol. The summed E-state index contributed by atoms with van der Waals surface area (Å²) in [7, 11) is 0. The SMILES string of the molecule is O=C(NO)c1ccc2c(c1)N(Cc1ccc(C(F)(F)F)cc1)CCS2. The number of hydroxylamine groups is 1. The van der Waals surface area contributed by atoms with Crippen LogP contribution in [0.5, 0.6) is 0 Å². The number of carbonyl (C=O) groups excluding carboxylic acids is 1. The van der Waals surface area contributed by atoms with Crippen molar-refractivity contribution in [2.75, 3.05) is 17.2 Å². The summed E-state index contributed by atoms with van der Waals surface area (Å²) in [5.74, 6) is 0.243. The van der Waals surface area contributed by atoms with Gasteiger partial charge < -0.3 is 4.90 Å². The normalized spacial score (nSPS) is 14.2. The van der Waals surface area contributed by atoms with E-state index in [4.69, 9.17) is 5.21 Å². The Hall–Kier alpha value is -2.19. The maximum absolute atomic E-state index is 12.7. The number of thioether (sulfide) groups is 1. The molecule has 0 atom stereocenters. The first-order chi connectivity index (χ1) is 11.9. The molecular weight excluding hydrogens is 353 g/mol. The Morgan fingerprint density at radius 1 is 1.20 bits per heavy atom. The number of fused-ring (bicyclic) bond motifs is 1. The first-order valence-corrected chi connectivity index (χ1v) is 8.49. The molecule has 0 unspecified atom stereocenters. The second-order valence-electron chi connectivity index (χ2n) is 5.59. The van der Waals surface area contributed by atoms with Gasteiger partial charge in [0.05, 0.1) is 11.3 Å². The highest BCUT2D eigenvalue weighted by molar-refractivity contribution is 7.99. The second kappa shape index (κ2) is 6.97. The fourth-order valence-corrected chi connectivity index (χ4v) is 3.69. The van der Waals surface area contributed by atoms with Gasteiger partial charge in [0.15, 0.2) is 0 Å². The van der Waals surface area contributed by atoms with Gasteiger partial charge in [-0.25, -0.2) is 5.48 Å². The van der Waals surface area contributed by atoms with Crippen molar-refractivity contribution in [1.82, 2.24) is 5.48 Å². The summed E-state index contributed by atoms with van der Waals surface area (Å²) in [5.41, 5.74) is 2.83. The number of benzene rings is 2. The topological polar surface area (TPSA) is 52.6 Å². The van der Waals surface area contributed by atoms with Gasteiger partial charge in [-0.1, -0.05) is 12.1 Å². The predicted octanol–water partition coefficient (Wildman–Crippen LogP) is 3.94. The van der Waals surface area contributed by atoms with Crippen LogP contribution >= 0.6 is 11.8 Å². The van der Waals surface area contributed by atoms with Crippen LogP contribution in [0, 0.1) is 0 Å². The highest BCUT2D eigenvalue weighted by Crippen LogP contribution is 2.36. The molecule has 1 heterocycles. The molecule has 0 saturated heterocycles. The van der Waals surface area contributed by atoms with Gasteiger partial charge in [-0.15, -0.1) is 11.8 Å². The lowest BCUT2D eigenvalue weighted by Crippen LogP contribution is -2.29. The minimum atomic E-state index is -4.35. The summed E-state index contributed by atoms with van der Waals surface area (Å²) in [6.45, 7) is 1.15. The third-order valence-corrected chi connectivity index (χ3v) is 4.98. The number of carbonyl (C=O) groups is 1.